The number of nitrogens with one attached hydrogen (secondary N) is 1. The van der Waals surface area contributed by atoms with Crippen molar-refractivity contribution >= 4 is 36.6 Å². The number of amides is 1. The first-order valence-electron chi connectivity index (χ1n) is 6.48. The van der Waals surface area contributed by atoms with E-state index in [-0.39, 0.29) is 24.4 Å². The third-order valence-electron chi connectivity index (χ3n) is 2.65. The smallest absolute Gasteiger partial charge is 0.221 e. The van der Waals surface area contributed by atoms with Crippen LogP contribution in [0.5, 0.6) is 5.75 Å². The van der Waals surface area contributed by atoms with Gasteiger partial charge in [-0.3, -0.25) is 4.79 Å². The van der Waals surface area contributed by atoms with Crippen molar-refractivity contribution in [3.8, 4) is 5.75 Å². The zero-order chi connectivity index (χ0) is 14.1. The number of rotatable bonds is 8. The van der Waals surface area contributed by atoms with Gasteiger partial charge in [0, 0.05) is 24.4 Å². The first-order valence-corrected chi connectivity index (χ1v) is 7.12. The lowest BCUT2D eigenvalue weighted by molar-refractivity contribution is -0.114. The largest absolute Gasteiger partial charge is 0.494 e. The van der Waals surface area contributed by atoms with E-state index in [0.29, 0.717) is 6.61 Å². The SMILES string of the molecule is CC(=O)Nc1ccc(OCCCC[C@@H](N)CS)cc1.Cl. The van der Waals surface area contributed by atoms with E-state index in [2.05, 4.69) is 17.9 Å². The second-order valence-corrected chi connectivity index (χ2v) is 4.86. The van der Waals surface area contributed by atoms with Gasteiger partial charge in [-0.25, -0.2) is 0 Å². The molecule has 1 aromatic rings. The van der Waals surface area contributed by atoms with Crippen molar-refractivity contribution in [3.05, 3.63) is 24.3 Å². The van der Waals surface area contributed by atoms with Crippen LogP contribution in [0.15, 0.2) is 24.3 Å². The molecule has 1 rings (SSSR count). The van der Waals surface area contributed by atoms with Crippen LogP contribution in [0, 0.1) is 0 Å². The number of thiol groups is 1. The minimum absolute atomic E-state index is 0. The number of halogens is 1. The van der Waals surface area contributed by atoms with Crippen molar-refractivity contribution in [2.24, 2.45) is 5.73 Å². The van der Waals surface area contributed by atoms with Crippen LogP contribution in [-0.4, -0.2) is 24.3 Å². The maximum absolute atomic E-state index is 10.9. The minimum atomic E-state index is -0.0748. The van der Waals surface area contributed by atoms with Gasteiger partial charge in [-0.2, -0.15) is 12.6 Å². The van der Waals surface area contributed by atoms with Crippen LogP contribution in [0.25, 0.3) is 0 Å². The first kappa shape index (κ1) is 19.1. The Morgan fingerprint density at radius 1 is 1.35 bits per heavy atom. The third-order valence-corrected chi connectivity index (χ3v) is 3.12. The summed E-state index contributed by atoms with van der Waals surface area (Å²) in [7, 11) is 0. The summed E-state index contributed by atoms with van der Waals surface area (Å²) in [6.07, 6.45) is 3.01. The summed E-state index contributed by atoms with van der Waals surface area (Å²) in [5.41, 5.74) is 6.55. The second kappa shape index (κ2) is 10.8. The summed E-state index contributed by atoms with van der Waals surface area (Å²) in [5.74, 6) is 1.47. The molecule has 0 saturated carbocycles. The summed E-state index contributed by atoms with van der Waals surface area (Å²) >= 11 is 4.14. The molecule has 114 valence electrons. The Morgan fingerprint density at radius 2 is 2.00 bits per heavy atom. The second-order valence-electron chi connectivity index (χ2n) is 4.49. The molecule has 6 heteroatoms. The number of hydrogen-bond donors (Lipinski definition) is 3. The minimum Gasteiger partial charge on any atom is -0.494 e. The molecule has 0 aromatic heterocycles. The summed E-state index contributed by atoms with van der Waals surface area (Å²) in [6.45, 7) is 2.17. The molecule has 20 heavy (non-hydrogen) atoms. The zero-order valence-corrected chi connectivity index (χ0v) is 13.4. The van der Waals surface area contributed by atoms with E-state index in [1.54, 1.807) is 0 Å². The quantitative estimate of drug-likeness (QED) is 0.510. The van der Waals surface area contributed by atoms with E-state index in [0.717, 1.165) is 36.5 Å². The topological polar surface area (TPSA) is 64.3 Å². The van der Waals surface area contributed by atoms with E-state index in [9.17, 15) is 4.79 Å². The lowest BCUT2D eigenvalue weighted by atomic mass is 10.1. The Labute approximate surface area is 132 Å². The molecule has 0 aliphatic rings. The van der Waals surface area contributed by atoms with Gasteiger partial charge < -0.3 is 15.8 Å². The number of benzene rings is 1. The van der Waals surface area contributed by atoms with Gasteiger partial charge >= 0.3 is 0 Å². The maximum Gasteiger partial charge on any atom is 0.221 e. The highest BCUT2D eigenvalue weighted by Crippen LogP contribution is 2.16. The van der Waals surface area contributed by atoms with Gasteiger partial charge in [0.25, 0.3) is 0 Å². The molecule has 3 N–H and O–H groups in total. The van der Waals surface area contributed by atoms with Gasteiger partial charge in [-0.1, -0.05) is 0 Å². The molecule has 0 bridgehead atoms. The summed E-state index contributed by atoms with van der Waals surface area (Å²) in [6, 6.07) is 7.54. The van der Waals surface area contributed by atoms with E-state index in [4.69, 9.17) is 10.5 Å². The zero-order valence-electron chi connectivity index (χ0n) is 11.7. The predicted molar refractivity (Wildman–Crippen MR) is 89.2 cm³/mol. The van der Waals surface area contributed by atoms with Crippen LogP contribution in [0.4, 0.5) is 5.69 Å². The molecule has 1 atom stereocenters. The maximum atomic E-state index is 10.9. The summed E-state index contributed by atoms with van der Waals surface area (Å²) in [5, 5.41) is 2.71. The molecule has 0 aliphatic carbocycles. The highest BCUT2D eigenvalue weighted by Gasteiger charge is 2.00. The molecule has 0 spiro atoms. The number of carbonyl (C=O) groups excluding carboxylic acids is 1. The van der Waals surface area contributed by atoms with Crippen molar-refractivity contribution in [1.82, 2.24) is 0 Å². The van der Waals surface area contributed by atoms with E-state index < -0.39 is 0 Å². The molecule has 0 radical (unpaired) electrons. The molecule has 1 amide bonds. The molecular weight excluding hydrogens is 296 g/mol. The first-order chi connectivity index (χ1) is 9.11. The Balaban J connectivity index is 0.00000361. The van der Waals surface area contributed by atoms with Crippen LogP contribution in [0.1, 0.15) is 26.2 Å². The number of unbranched alkanes of at least 4 members (excludes halogenated alkanes) is 1. The third kappa shape index (κ3) is 8.30. The molecule has 0 aliphatic heterocycles. The van der Waals surface area contributed by atoms with Crippen LogP contribution in [0.2, 0.25) is 0 Å². The lowest BCUT2D eigenvalue weighted by Gasteiger charge is -2.09. The molecule has 1 aromatic carbocycles. The fourth-order valence-electron chi connectivity index (χ4n) is 1.63. The molecule has 0 saturated heterocycles. The highest BCUT2D eigenvalue weighted by atomic mass is 35.5. The highest BCUT2D eigenvalue weighted by molar-refractivity contribution is 7.80. The normalized spacial score (nSPS) is 11.3. The Hall–Kier alpha value is -0.910. The van der Waals surface area contributed by atoms with Crippen LogP contribution >= 0.6 is 25.0 Å². The molecular formula is C14H23ClN2O2S. The Morgan fingerprint density at radius 3 is 2.55 bits per heavy atom. The molecule has 0 unspecified atom stereocenters. The van der Waals surface area contributed by atoms with Crippen LogP contribution in [0.3, 0.4) is 0 Å². The standard InChI is InChI=1S/C14H22N2O2S.ClH/c1-11(17)16-13-5-7-14(8-6-13)18-9-3-2-4-12(15)10-19;/h5-8,12,19H,2-4,9-10,15H2,1H3,(H,16,17);1H/t12-;/m1./s1. The Kier molecular flexibility index (Phi) is 10.3. The number of ether oxygens (including phenoxy) is 1. The summed E-state index contributed by atoms with van der Waals surface area (Å²) in [4.78, 5) is 10.9. The van der Waals surface area contributed by atoms with Crippen LogP contribution in [-0.2, 0) is 4.79 Å². The van der Waals surface area contributed by atoms with Gasteiger partial charge in [-0.05, 0) is 43.5 Å². The van der Waals surface area contributed by atoms with Crippen molar-refractivity contribution in [2.45, 2.75) is 32.2 Å². The number of anilines is 1. The number of hydrogen-bond acceptors (Lipinski definition) is 4. The van der Waals surface area contributed by atoms with Crippen LogP contribution < -0.4 is 15.8 Å². The van der Waals surface area contributed by atoms with Crippen molar-refractivity contribution in [3.63, 3.8) is 0 Å². The lowest BCUT2D eigenvalue weighted by Crippen LogP contribution is -2.21. The van der Waals surface area contributed by atoms with E-state index in [1.165, 1.54) is 6.92 Å². The van der Waals surface area contributed by atoms with Crippen molar-refractivity contribution in [1.29, 1.82) is 0 Å². The summed E-state index contributed by atoms with van der Waals surface area (Å²) < 4.78 is 5.61. The molecule has 4 nitrogen and oxygen atoms in total. The predicted octanol–water partition coefficient (Wildman–Crippen LogP) is 2.87. The van der Waals surface area contributed by atoms with Gasteiger partial charge in [-0.15, -0.1) is 12.4 Å². The van der Waals surface area contributed by atoms with Crippen molar-refractivity contribution < 1.29 is 9.53 Å². The van der Waals surface area contributed by atoms with Crippen molar-refractivity contribution in [2.75, 3.05) is 17.7 Å². The average molecular weight is 319 g/mol. The van der Waals surface area contributed by atoms with Gasteiger partial charge in [0.2, 0.25) is 5.91 Å². The fraction of sp³-hybridized carbons (Fsp3) is 0.500. The van der Waals surface area contributed by atoms with E-state index in [1.807, 2.05) is 24.3 Å². The van der Waals surface area contributed by atoms with Gasteiger partial charge in [0.05, 0.1) is 6.61 Å². The fourth-order valence-corrected chi connectivity index (χ4v) is 1.81. The number of carbonyl (C=O) groups is 1. The average Bonchev–Trinajstić information content (AvgIpc) is 2.39. The molecule has 0 heterocycles. The Bertz CT molecular complexity index is 387. The monoisotopic (exact) mass is 318 g/mol. The number of nitrogens with two attached hydrogens (primary N) is 1. The van der Waals surface area contributed by atoms with Gasteiger partial charge in [0.15, 0.2) is 0 Å². The van der Waals surface area contributed by atoms with E-state index >= 15 is 0 Å². The van der Waals surface area contributed by atoms with Gasteiger partial charge in [0.1, 0.15) is 5.75 Å². The molecule has 0 fully saturated rings.